The summed E-state index contributed by atoms with van der Waals surface area (Å²) < 4.78 is 40.6. The smallest absolute Gasteiger partial charge is 0.312 e. The topological polar surface area (TPSA) is 86.5 Å². The summed E-state index contributed by atoms with van der Waals surface area (Å²) >= 11 is 0. The van der Waals surface area contributed by atoms with Crippen LogP contribution in [0, 0.1) is 15.9 Å². The number of hydrogen-bond acceptors (Lipinski definition) is 5. The maximum atomic E-state index is 13.5. The molecule has 0 N–H and O–H groups in total. The molecule has 0 radical (unpaired) electrons. The van der Waals surface area contributed by atoms with E-state index in [1.54, 1.807) is 6.92 Å². The molecule has 1 rings (SSSR count). The minimum Gasteiger partial charge on any atom is -0.482 e. The molecule has 0 fully saturated rings. The molecule has 0 heterocycles. The first kappa shape index (κ1) is 15.4. The maximum absolute atomic E-state index is 13.5. The third-order valence-electron chi connectivity index (χ3n) is 1.95. The lowest BCUT2D eigenvalue weighted by Gasteiger charge is -2.08. The van der Waals surface area contributed by atoms with Crippen LogP contribution in [-0.2, 0) is 9.05 Å². The van der Waals surface area contributed by atoms with Gasteiger partial charge in [0.15, 0.2) is 5.75 Å². The van der Waals surface area contributed by atoms with Gasteiger partial charge in [0, 0.05) is 22.8 Å². The van der Waals surface area contributed by atoms with Crippen LogP contribution in [-0.4, -0.2) is 19.9 Å². The molecule has 19 heavy (non-hydrogen) atoms. The zero-order valence-corrected chi connectivity index (χ0v) is 11.3. The van der Waals surface area contributed by atoms with Gasteiger partial charge in [0.1, 0.15) is 17.3 Å². The third kappa shape index (κ3) is 3.90. The van der Waals surface area contributed by atoms with E-state index in [2.05, 4.69) is 6.58 Å². The molecule has 0 aliphatic rings. The van der Waals surface area contributed by atoms with Crippen molar-refractivity contribution < 1.29 is 22.5 Å². The van der Waals surface area contributed by atoms with Crippen LogP contribution in [0.1, 0.15) is 6.92 Å². The fourth-order valence-corrected chi connectivity index (χ4v) is 2.07. The molecule has 0 bridgehead atoms. The van der Waals surface area contributed by atoms with Gasteiger partial charge in [-0.2, -0.15) is 0 Å². The van der Waals surface area contributed by atoms with Crippen LogP contribution in [0.2, 0.25) is 0 Å². The van der Waals surface area contributed by atoms with Crippen molar-refractivity contribution in [3.05, 3.63) is 40.2 Å². The highest BCUT2D eigenvalue weighted by molar-refractivity contribution is 8.13. The van der Waals surface area contributed by atoms with Crippen LogP contribution in [0.5, 0.6) is 5.75 Å². The number of rotatable bonds is 5. The number of nitro groups is 1. The molecule has 1 aromatic rings. The van der Waals surface area contributed by atoms with Gasteiger partial charge in [0.25, 0.3) is 9.05 Å². The van der Waals surface area contributed by atoms with Crippen molar-refractivity contribution in [2.24, 2.45) is 0 Å². The predicted molar refractivity (Wildman–Crippen MR) is 66.4 cm³/mol. The molecular weight excluding hydrogens is 301 g/mol. The molecule has 0 atom stereocenters. The van der Waals surface area contributed by atoms with E-state index < -0.39 is 36.1 Å². The van der Waals surface area contributed by atoms with Gasteiger partial charge < -0.3 is 4.74 Å². The zero-order chi connectivity index (χ0) is 14.8. The van der Waals surface area contributed by atoms with Crippen molar-refractivity contribution in [1.82, 2.24) is 0 Å². The highest BCUT2D eigenvalue weighted by atomic mass is 35.7. The van der Waals surface area contributed by atoms with Gasteiger partial charge in [-0.05, 0) is 12.5 Å². The van der Waals surface area contributed by atoms with Crippen molar-refractivity contribution in [1.29, 1.82) is 0 Å². The van der Waals surface area contributed by atoms with E-state index in [9.17, 15) is 22.9 Å². The van der Waals surface area contributed by atoms with Gasteiger partial charge in [-0.25, -0.2) is 12.8 Å². The number of nitrogens with zero attached hydrogens (tertiary/aromatic N) is 1. The van der Waals surface area contributed by atoms with Crippen molar-refractivity contribution in [2.75, 3.05) is 6.61 Å². The summed E-state index contributed by atoms with van der Waals surface area (Å²) in [4.78, 5) is 8.94. The van der Waals surface area contributed by atoms with E-state index in [1.807, 2.05) is 0 Å². The largest absolute Gasteiger partial charge is 0.482 e. The summed E-state index contributed by atoms with van der Waals surface area (Å²) in [6.45, 7) is 5.07. The van der Waals surface area contributed by atoms with Crippen molar-refractivity contribution in [3.63, 3.8) is 0 Å². The minimum absolute atomic E-state index is 0.0623. The molecule has 0 amide bonds. The molecule has 0 aliphatic heterocycles. The van der Waals surface area contributed by atoms with Crippen molar-refractivity contribution in [2.45, 2.75) is 11.8 Å². The lowest BCUT2D eigenvalue weighted by atomic mass is 10.3. The van der Waals surface area contributed by atoms with Crippen LogP contribution in [0.15, 0.2) is 29.2 Å². The average Bonchev–Trinajstić information content (AvgIpc) is 2.23. The molecular formula is C10H9ClFNO5S. The second-order valence-electron chi connectivity index (χ2n) is 3.69. The van der Waals surface area contributed by atoms with Crippen LogP contribution >= 0.6 is 10.7 Å². The Morgan fingerprint density at radius 3 is 2.58 bits per heavy atom. The second kappa shape index (κ2) is 5.54. The summed E-state index contributed by atoms with van der Waals surface area (Å²) in [5, 5.41) is 10.8. The molecule has 6 nitrogen and oxygen atoms in total. The zero-order valence-electron chi connectivity index (χ0n) is 9.72. The molecule has 0 saturated heterocycles. The van der Waals surface area contributed by atoms with Gasteiger partial charge in [-0.3, -0.25) is 10.1 Å². The predicted octanol–water partition coefficient (Wildman–Crippen LogP) is 2.62. The summed E-state index contributed by atoms with van der Waals surface area (Å²) in [5.41, 5.74) is -0.134. The minimum atomic E-state index is -4.42. The maximum Gasteiger partial charge on any atom is 0.312 e. The van der Waals surface area contributed by atoms with Crippen LogP contribution in [0.3, 0.4) is 0 Å². The number of hydrogen-bond donors (Lipinski definition) is 0. The first-order valence-corrected chi connectivity index (χ1v) is 7.13. The van der Waals surface area contributed by atoms with Gasteiger partial charge in [-0.1, -0.05) is 6.58 Å². The number of ether oxygens (including phenoxy) is 1. The highest BCUT2D eigenvalue weighted by Gasteiger charge is 2.25. The molecule has 1 aromatic carbocycles. The summed E-state index contributed by atoms with van der Waals surface area (Å²) in [6, 6.07) is 1.13. The van der Waals surface area contributed by atoms with Gasteiger partial charge in [-0.15, -0.1) is 0 Å². The Hall–Kier alpha value is -1.67. The first-order chi connectivity index (χ1) is 8.62. The van der Waals surface area contributed by atoms with Gasteiger partial charge in [0.05, 0.1) is 4.92 Å². The summed E-state index contributed by atoms with van der Waals surface area (Å²) in [6.07, 6.45) is 0. The molecule has 0 spiro atoms. The van der Waals surface area contributed by atoms with Crippen LogP contribution < -0.4 is 4.74 Å². The monoisotopic (exact) mass is 309 g/mol. The SMILES string of the molecule is C=C(C)COc1cc(F)c(S(=O)(=O)Cl)cc1[N+](=O)[O-]. The van der Waals surface area contributed by atoms with Gasteiger partial charge in [0.2, 0.25) is 0 Å². The Labute approximate surface area is 113 Å². The van der Waals surface area contributed by atoms with Crippen LogP contribution in [0.25, 0.3) is 0 Å². The standard InChI is InChI=1S/C10H9ClFNO5S/c1-6(2)5-18-9-3-7(12)10(19(11,16)17)4-8(9)13(14)15/h3-4H,1,5H2,2H3. The Kier molecular flexibility index (Phi) is 4.48. The quantitative estimate of drug-likeness (QED) is 0.361. The number of nitro benzene ring substituents is 1. The normalized spacial score (nSPS) is 11.1. The van der Waals surface area contributed by atoms with Crippen molar-refractivity contribution in [3.8, 4) is 5.75 Å². The van der Waals surface area contributed by atoms with E-state index in [4.69, 9.17) is 15.4 Å². The Morgan fingerprint density at radius 1 is 1.58 bits per heavy atom. The lowest BCUT2D eigenvalue weighted by Crippen LogP contribution is -2.04. The Morgan fingerprint density at radius 2 is 2.16 bits per heavy atom. The van der Waals surface area contributed by atoms with E-state index in [0.29, 0.717) is 17.7 Å². The van der Waals surface area contributed by atoms with Crippen molar-refractivity contribution >= 4 is 25.4 Å². The first-order valence-electron chi connectivity index (χ1n) is 4.82. The molecule has 0 aliphatic carbocycles. The molecule has 104 valence electrons. The fraction of sp³-hybridized carbons (Fsp3) is 0.200. The van der Waals surface area contributed by atoms with E-state index in [1.165, 1.54) is 0 Å². The molecule has 0 aromatic heterocycles. The van der Waals surface area contributed by atoms with E-state index >= 15 is 0 Å². The molecule has 9 heteroatoms. The fourth-order valence-electron chi connectivity index (χ4n) is 1.17. The lowest BCUT2D eigenvalue weighted by molar-refractivity contribution is -0.386. The average molecular weight is 310 g/mol. The second-order valence-corrected chi connectivity index (χ2v) is 6.23. The Bertz CT molecular complexity index is 644. The number of halogens is 2. The molecule has 0 unspecified atom stereocenters. The summed E-state index contributed by atoms with van der Waals surface area (Å²) in [7, 11) is 0.557. The Balaban J connectivity index is 3.38. The molecule has 0 saturated carbocycles. The van der Waals surface area contributed by atoms with Crippen LogP contribution in [0.4, 0.5) is 10.1 Å². The van der Waals surface area contributed by atoms with Gasteiger partial charge >= 0.3 is 5.69 Å². The highest BCUT2D eigenvalue weighted by Crippen LogP contribution is 2.33. The summed E-state index contributed by atoms with van der Waals surface area (Å²) in [5.74, 6) is -1.62. The number of benzene rings is 1. The van der Waals surface area contributed by atoms with E-state index in [0.717, 1.165) is 0 Å². The third-order valence-corrected chi connectivity index (χ3v) is 3.28. The van der Waals surface area contributed by atoms with E-state index in [-0.39, 0.29) is 6.61 Å².